The highest BCUT2D eigenvalue weighted by molar-refractivity contribution is 5.82. The number of esters is 1. The molecule has 0 spiro atoms. The maximum atomic E-state index is 11.8. The van der Waals surface area contributed by atoms with Gasteiger partial charge in [-0.2, -0.15) is 0 Å². The van der Waals surface area contributed by atoms with Crippen LogP contribution in [0, 0.1) is 0 Å². The van der Waals surface area contributed by atoms with E-state index in [-0.39, 0.29) is 5.97 Å². The van der Waals surface area contributed by atoms with Crippen molar-refractivity contribution in [2.24, 2.45) is 0 Å². The van der Waals surface area contributed by atoms with E-state index in [9.17, 15) is 4.79 Å². The lowest BCUT2D eigenvalue weighted by molar-refractivity contribution is -0.132. The van der Waals surface area contributed by atoms with Gasteiger partial charge >= 0.3 is 5.97 Å². The number of hydrogen-bond acceptors (Lipinski definition) is 2. The Balaban J connectivity index is 3.26. The summed E-state index contributed by atoms with van der Waals surface area (Å²) in [7, 11) is 0. The van der Waals surface area contributed by atoms with Gasteiger partial charge in [0.25, 0.3) is 0 Å². The third-order valence-corrected chi connectivity index (χ3v) is 9.23. The van der Waals surface area contributed by atoms with Crippen LogP contribution in [0.1, 0.15) is 239 Å². The molecule has 0 aromatic carbocycles. The second kappa shape index (κ2) is 40.0. The number of carbonyl (C=O) groups excluding carboxylic acids is 1. The van der Waals surface area contributed by atoms with E-state index in [1.165, 1.54) is 212 Å². The van der Waals surface area contributed by atoms with Crippen LogP contribution in [0.4, 0.5) is 0 Å². The molecule has 0 saturated heterocycles. The van der Waals surface area contributed by atoms with Crippen molar-refractivity contribution < 1.29 is 9.53 Å². The number of hydrogen-bond donors (Lipinski definition) is 0. The van der Waals surface area contributed by atoms with E-state index in [1.807, 2.05) is 12.2 Å². The first-order valence-electron chi connectivity index (χ1n) is 20.3. The summed E-state index contributed by atoms with van der Waals surface area (Å²) in [4.78, 5) is 11.8. The molecule has 2 nitrogen and oxygen atoms in total. The zero-order valence-electron chi connectivity index (χ0n) is 30.4. The Labute approximate surface area is 278 Å². The van der Waals surface area contributed by atoms with Crippen molar-refractivity contribution >= 4 is 5.97 Å². The Hall–Kier alpha value is -1.05. The van der Waals surface area contributed by atoms with Crippen molar-refractivity contribution in [3.8, 4) is 0 Å². The molecule has 260 valence electrons. The van der Waals surface area contributed by atoms with Crippen LogP contribution >= 0.6 is 0 Å². The quantitative estimate of drug-likeness (QED) is 0.0300. The maximum absolute atomic E-state index is 11.8. The average molecular weight is 617 g/mol. The Kier molecular flexibility index (Phi) is 39.0. The van der Waals surface area contributed by atoms with E-state index in [2.05, 4.69) is 13.8 Å². The zero-order valence-corrected chi connectivity index (χ0v) is 30.4. The van der Waals surface area contributed by atoms with Gasteiger partial charge in [-0.15, -0.1) is 0 Å². The molecule has 0 bridgehead atoms. The minimum absolute atomic E-state index is 0.236. The van der Waals surface area contributed by atoms with Crippen LogP contribution in [0.5, 0.6) is 0 Å². The molecule has 0 aromatic rings. The lowest BCUT2D eigenvalue weighted by atomic mass is 10.0. The van der Waals surface area contributed by atoms with E-state index < -0.39 is 0 Å². The van der Waals surface area contributed by atoms with E-state index in [4.69, 9.17) is 4.74 Å². The van der Waals surface area contributed by atoms with E-state index >= 15 is 0 Å². The molecule has 0 radical (unpaired) electrons. The van der Waals surface area contributed by atoms with Gasteiger partial charge in [0.05, 0.1) is 6.26 Å². The summed E-state index contributed by atoms with van der Waals surface area (Å²) < 4.78 is 5.20. The fourth-order valence-electron chi connectivity index (χ4n) is 6.20. The smallest absolute Gasteiger partial charge is 0.335 e. The molecule has 0 aromatic heterocycles. The molecule has 0 aliphatic heterocycles. The Bertz CT molecular complexity index is 593. The zero-order chi connectivity index (χ0) is 31.9. The molecule has 0 saturated carbocycles. The van der Waals surface area contributed by atoms with Crippen molar-refractivity contribution in [2.45, 2.75) is 239 Å². The summed E-state index contributed by atoms with van der Waals surface area (Å²) in [6.07, 6.45) is 55.3. The highest BCUT2D eigenvalue weighted by atomic mass is 16.5. The minimum atomic E-state index is -0.236. The van der Waals surface area contributed by atoms with Crippen LogP contribution in [0.15, 0.2) is 24.5 Å². The van der Waals surface area contributed by atoms with Crippen molar-refractivity contribution in [2.75, 3.05) is 0 Å². The molecule has 2 heteroatoms. The second-order valence-electron chi connectivity index (χ2n) is 13.7. The molecule has 0 N–H and O–H groups in total. The van der Waals surface area contributed by atoms with Crippen LogP contribution in [-0.2, 0) is 9.53 Å². The SMILES string of the molecule is CCCCCCCCCCCCCCCCCC/C=C/OC(=O)/C=C/CCCCCCCCCCCCCCCCCCC. The van der Waals surface area contributed by atoms with Gasteiger partial charge in [0, 0.05) is 6.08 Å². The van der Waals surface area contributed by atoms with Crippen LogP contribution < -0.4 is 0 Å². The Morgan fingerprint density at radius 3 is 0.909 bits per heavy atom. The summed E-state index contributed by atoms with van der Waals surface area (Å²) in [5.74, 6) is -0.236. The molecule has 0 aliphatic carbocycles. The average Bonchev–Trinajstić information content (AvgIpc) is 3.03. The van der Waals surface area contributed by atoms with E-state index in [0.717, 1.165) is 12.8 Å². The molecule has 44 heavy (non-hydrogen) atoms. The van der Waals surface area contributed by atoms with Crippen LogP contribution in [0.3, 0.4) is 0 Å². The highest BCUT2D eigenvalue weighted by Crippen LogP contribution is 2.16. The van der Waals surface area contributed by atoms with Crippen molar-refractivity contribution in [3.63, 3.8) is 0 Å². The molecular weight excluding hydrogens is 536 g/mol. The van der Waals surface area contributed by atoms with Gasteiger partial charge < -0.3 is 4.74 Å². The normalized spacial score (nSPS) is 11.8. The predicted molar refractivity (Wildman–Crippen MR) is 197 cm³/mol. The van der Waals surface area contributed by atoms with Crippen molar-refractivity contribution in [1.82, 2.24) is 0 Å². The molecular formula is C42H80O2. The second-order valence-corrected chi connectivity index (χ2v) is 13.7. The van der Waals surface area contributed by atoms with Gasteiger partial charge in [-0.05, 0) is 31.8 Å². The van der Waals surface area contributed by atoms with E-state index in [1.54, 1.807) is 12.3 Å². The standard InChI is InChI=1S/C42H80O2/c1-3-5-7-9-11-13-15-17-19-21-23-24-26-28-30-32-34-36-38-40-42(43)44-41-39-37-35-33-31-29-27-25-22-20-18-16-14-12-10-8-6-4-2/h38-41H,3-37H2,1-2H3/b40-38+,41-39+. The lowest BCUT2D eigenvalue weighted by Crippen LogP contribution is -1.93. The summed E-state index contributed by atoms with van der Waals surface area (Å²) in [6, 6.07) is 0. The molecule has 0 heterocycles. The first kappa shape index (κ1) is 43.0. The van der Waals surface area contributed by atoms with Gasteiger partial charge in [0.15, 0.2) is 0 Å². The van der Waals surface area contributed by atoms with Gasteiger partial charge in [-0.3, -0.25) is 0 Å². The number of carbonyl (C=O) groups is 1. The third kappa shape index (κ3) is 39.0. The number of rotatable bonds is 37. The lowest BCUT2D eigenvalue weighted by Gasteiger charge is -2.03. The molecule has 0 aliphatic rings. The topological polar surface area (TPSA) is 26.3 Å². The monoisotopic (exact) mass is 617 g/mol. The minimum Gasteiger partial charge on any atom is -0.432 e. The molecule has 0 atom stereocenters. The number of unbranched alkanes of at least 4 members (excludes halogenated alkanes) is 33. The molecule has 0 amide bonds. The van der Waals surface area contributed by atoms with Crippen LogP contribution in [0.25, 0.3) is 0 Å². The number of allylic oxidation sites excluding steroid dienone is 2. The fraction of sp³-hybridized carbons (Fsp3) is 0.881. The highest BCUT2D eigenvalue weighted by Gasteiger charge is 1.97. The largest absolute Gasteiger partial charge is 0.432 e. The van der Waals surface area contributed by atoms with Gasteiger partial charge in [0.1, 0.15) is 0 Å². The van der Waals surface area contributed by atoms with Gasteiger partial charge in [0.2, 0.25) is 0 Å². The third-order valence-electron chi connectivity index (χ3n) is 9.23. The van der Waals surface area contributed by atoms with Gasteiger partial charge in [-0.1, -0.05) is 219 Å². The summed E-state index contributed by atoms with van der Waals surface area (Å²) >= 11 is 0. The molecule has 0 fully saturated rings. The van der Waals surface area contributed by atoms with Crippen LogP contribution in [-0.4, -0.2) is 5.97 Å². The van der Waals surface area contributed by atoms with Gasteiger partial charge in [-0.25, -0.2) is 4.79 Å². The first-order chi connectivity index (χ1) is 21.8. The van der Waals surface area contributed by atoms with E-state index in [0.29, 0.717) is 0 Å². The summed E-state index contributed by atoms with van der Waals surface area (Å²) in [5, 5.41) is 0. The van der Waals surface area contributed by atoms with Crippen molar-refractivity contribution in [3.05, 3.63) is 24.5 Å². The Morgan fingerprint density at radius 1 is 0.364 bits per heavy atom. The fourth-order valence-corrected chi connectivity index (χ4v) is 6.20. The first-order valence-corrected chi connectivity index (χ1v) is 20.3. The molecule has 0 unspecified atom stereocenters. The predicted octanol–water partition coefficient (Wildman–Crippen LogP) is 15.3. The number of ether oxygens (including phenoxy) is 1. The van der Waals surface area contributed by atoms with Crippen LogP contribution in [0.2, 0.25) is 0 Å². The summed E-state index contributed by atoms with van der Waals surface area (Å²) in [5.41, 5.74) is 0. The molecule has 0 rings (SSSR count). The van der Waals surface area contributed by atoms with Crippen molar-refractivity contribution in [1.29, 1.82) is 0 Å². The Morgan fingerprint density at radius 2 is 0.614 bits per heavy atom. The summed E-state index contributed by atoms with van der Waals surface area (Å²) in [6.45, 7) is 4.58. The maximum Gasteiger partial charge on any atom is 0.335 e.